The maximum absolute atomic E-state index is 12.2. The van der Waals surface area contributed by atoms with E-state index < -0.39 is 17.9 Å². The number of anilines is 1. The Balaban J connectivity index is 2.21. The van der Waals surface area contributed by atoms with Crippen molar-refractivity contribution in [3.05, 3.63) is 58.0 Å². The number of nitrogen functional groups attached to an aromatic ring is 1. The Hall–Kier alpha value is -3.13. The molecule has 0 aliphatic carbocycles. The second kappa shape index (κ2) is 10.3. The number of rotatable bonds is 8. The highest BCUT2D eigenvalue weighted by atomic mass is 32.1. The van der Waals surface area contributed by atoms with E-state index in [-0.39, 0.29) is 40.8 Å². The molecule has 7 nitrogen and oxygen atoms in total. The van der Waals surface area contributed by atoms with E-state index in [0.29, 0.717) is 0 Å². The van der Waals surface area contributed by atoms with E-state index >= 15 is 0 Å². The van der Waals surface area contributed by atoms with Crippen molar-refractivity contribution >= 4 is 40.3 Å². The van der Waals surface area contributed by atoms with E-state index in [1.807, 2.05) is 30.3 Å². The van der Waals surface area contributed by atoms with Gasteiger partial charge in [0.05, 0.1) is 13.2 Å². The van der Waals surface area contributed by atoms with Crippen LogP contribution in [0.4, 0.5) is 5.00 Å². The summed E-state index contributed by atoms with van der Waals surface area (Å²) in [6.45, 7) is 3.30. The zero-order valence-electron chi connectivity index (χ0n) is 15.6. The Labute approximate surface area is 166 Å². The number of nitrogens with two attached hydrogens (primary N) is 1. The van der Waals surface area contributed by atoms with Crippen molar-refractivity contribution in [2.24, 2.45) is 0 Å². The van der Waals surface area contributed by atoms with Gasteiger partial charge < -0.3 is 19.9 Å². The van der Waals surface area contributed by atoms with Crippen LogP contribution in [0.5, 0.6) is 0 Å². The topological polar surface area (TPSA) is 105 Å². The molecule has 28 heavy (non-hydrogen) atoms. The van der Waals surface area contributed by atoms with Crippen molar-refractivity contribution in [2.45, 2.75) is 20.5 Å². The van der Waals surface area contributed by atoms with Gasteiger partial charge >= 0.3 is 17.9 Å². The highest BCUT2D eigenvalue weighted by Crippen LogP contribution is 2.33. The average molecular weight is 403 g/mol. The summed E-state index contributed by atoms with van der Waals surface area (Å²) >= 11 is 0.898. The molecule has 0 aliphatic heterocycles. The molecule has 2 rings (SSSR count). The quantitative estimate of drug-likeness (QED) is 0.409. The first-order valence-electron chi connectivity index (χ1n) is 8.63. The average Bonchev–Trinajstić information content (AvgIpc) is 3.02. The van der Waals surface area contributed by atoms with Gasteiger partial charge in [-0.15, -0.1) is 11.3 Å². The van der Waals surface area contributed by atoms with Gasteiger partial charge in [-0.1, -0.05) is 30.3 Å². The molecule has 1 aromatic heterocycles. The van der Waals surface area contributed by atoms with Crippen LogP contribution < -0.4 is 5.73 Å². The molecule has 0 bridgehead atoms. The van der Waals surface area contributed by atoms with Gasteiger partial charge in [-0.25, -0.2) is 14.4 Å². The van der Waals surface area contributed by atoms with Crippen LogP contribution in [0.15, 0.2) is 36.4 Å². The molecule has 1 heterocycles. The fourth-order valence-corrected chi connectivity index (χ4v) is 3.29. The molecule has 8 heteroatoms. The Morgan fingerprint density at radius 1 is 1.00 bits per heavy atom. The highest BCUT2D eigenvalue weighted by molar-refractivity contribution is 7.18. The number of hydrogen-bond donors (Lipinski definition) is 1. The van der Waals surface area contributed by atoms with E-state index in [1.54, 1.807) is 19.9 Å². The van der Waals surface area contributed by atoms with E-state index in [9.17, 15) is 14.4 Å². The van der Waals surface area contributed by atoms with Gasteiger partial charge in [0.25, 0.3) is 0 Å². The summed E-state index contributed by atoms with van der Waals surface area (Å²) in [5.74, 6) is -1.95. The van der Waals surface area contributed by atoms with Crippen LogP contribution in [0, 0.1) is 0 Å². The van der Waals surface area contributed by atoms with E-state index in [4.69, 9.17) is 19.9 Å². The molecule has 0 fully saturated rings. The van der Waals surface area contributed by atoms with Crippen molar-refractivity contribution in [2.75, 3.05) is 18.9 Å². The van der Waals surface area contributed by atoms with Crippen molar-refractivity contribution in [1.82, 2.24) is 0 Å². The van der Waals surface area contributed by atoms with Gasteiger partial charge in [-0.2, -0.15) is 0 Å². The molecule has 0 saturated carbocycles. The van der Waals surface area contributed by atoms with Crippen LogP contribution in [0.2, 0.25) is 0 Å². The predicted octanol–water partition coefficient (Wildman–Crippen LogP) is 3.44. The lowest BCUT2D eigenvalue weighted by Crippen LogP contribution is -2.13. The van der Waals surface area contributed by atoms with E-state index in [0.717, 1.165) is 16.9 Å². The van der Waals surface area contributed by atoms with Gasteiger partial charge in [0, 0.05) is 11.6 Å². The van der Waals surface area contributed by atoms with Crippen LogP contribution in [-0.2, 0) is 25.6 Å². The molecule has 0 unspecified atom stereocenters. The molecule has 0 radical (unpaired) electrons. The van der Waals surface area contributed by atoms with Crippen LogP contribution >= 0.6 is 11.3 Å². The largest absolute Gasteiger partial charge is 0.462 e. The van der Waals surface area contributed by atoms with E-state index in [2.05, 4.69) is 0 Å². The first-order chi connectivity index (χ1) is 13.5. The second-order valence-electron chi connectivity index (χ2n) is 5.44. The second-order valence-corrected chi connectivity index (χ2v) is 6.49. The number of carbonyl (C=O) groups is 3. The number of ether oxygens (including phenoxy) is 3. The minimum atomic E-state index is -0.683. The van der Waals surface area contributed by atoms with Crippen molar-refractivity contribution in [3.63, 3.8) is 0 Å². The summed E-state index contributed by atoms with van der Waals surface area (Å²) in [5.41, 5.74) is 6.94. The normalized spacial score (nSPS) is 10.6. The molecular weight excluding hydrogens is 382 g/mol. The van der Waals surface area contributed by atoms with Gasteiger partial charge in [-0.05, 0) is 25.5 Å². The lowest BCUT2D eigenvalue weighted by Gasteiger charge is -2.08. The van der Waals surface area contributed by atoms with Crippen molar-refractivity contribution < 1.29 is 28.6 Å². The summed E-state index contributed by atoms with van der Waals surface area (Å²) in [6, 6.07) is 9.22. The first kappa shape index (κ1) is 21.2. The predicted molar refractivity (Wildman–Crippen MR) is 106 cm³/mol. The van der Waals surface area contributed by atoms with Crippen LogP contribution in [0.1, 0.15) is 45.0 Å². The number of hydrogen-bond acceptors (Lipinski definition) is 8. The fraction of sp³-hybridized carbons (Fsp3) is 0.250. The SMILES string of the molecule is CCOC(=O)c1sc(N)c(C(=O)OCC)c1COC(=O)/C=C/c1ccccc1. The molecule has 0 saturated heterocycles. The number of carbonyl (C=O) groups excluding carboxylic acids is 3. The molecule has 0 amide bonds. The molecule has 148 valence electrons. The van der Waals surface area contributed by atoms with E-state index in [1.165, 1.54) is 6.08 Å². The number of thiophene rings is 1. The minimum absolute atomic E-state index is 0.0229. The maximum Gasteiger partial charge on any atom is 0.348 e. The van der Waals surface area contributed by atoms with Crippen molar-refractivity contribution in [1.29, 1.82) is 0 Å². The monoisotopic (exact) mass is 403 g/mol. The number of esters is 3. The zero-order valence-corrected chi connectivity index (χ0v) is 16.4. The lowest BCUT2D eigenvalue weighted by molar-refractivity contribution is -0.138. The Kier molecular flexibility index (Phi) is 7.76. The maximum atomic E-state index is 12.2. The first-order valence-corrected chi connectivity index (χ1v) is 9.44. The molecule has 1 aromatic carbocycles. The summed E-state index contributed by atoms with van der Waals surface area (Å²) < 4.78 is 15.2. The summed E-state index contributed by atoms with van der Waals surface area (Å²) in [5, 5.41) is 0.104. The Morgan fingerprint density at radius 3 is 2.29 bits per heavy atom. The smallest absolute Gasteiger partial charge is 0.348 e. The number of benzene rings is 1. The van der Waals surface area contributed by atoms with Gasteiger partial charge in [-0.3, -0.25) is 0 Å². The zero-order chi connectivity index (χ0) is 20.5. The molecule has 2 aromatic rings. The van der Waals surface area contributed by atoms with Crippen molar-refractivity contribution in [3.8, 4) is 0 Å². The molecule has 0 atom stereocenters. The Morgan fingerprint density at radius 2 is 1.64 bits per heavy atom. The summed E-state index contributed by atoms with van der Waals surface area (Å²) in [4.78, 5) is 36.6. The fourth-order valence-electron chi connectivity index (χ4n) is 2.33. The lowest BCUT2D eigenvalue weighted by atomic mass is 10.1. The summed E-state index contributed by atoms with van der Waals surface area (Å²) in [7, 11) is 0. The molecule has 0 aliphatic rings. The van der Waals surface area contributed by atoms with Crippen LogP contribution in [0.25, 0.3) is 6.08 Å². The molecule has 0 spiro atoms. The third-order valence-corrected chi connectivity index (χ3v) is 4.59. The third kappa shape index (κ3) is 5.43. The molecular formula is C20H21NO6S. The molecule has 2 N–H and O–H groups in total. The van der Waals surface area contributed by atoms with Crippen LogP contribution in [-0.4, -0.2) is 31.1 Å². The van der Waals surface area contributed by atoms with Crippen LogP contribution in [0.3, 0.4) is 0 Å². The van der Waals surface area contributed by atoms with Gasteiger partial charge in [0.2, 0.25) is 0 Å². The standard InChI is InChI=1S/C20H21NO6S/c1-3-25-19(23)16-14(17(28-18(16)21)20(24)26-4-2)12-27-15(22)11-10-13-8-6-5-7-9-13/h5-11H,3-4,12,21H2,1-2H3/b11-10+. The minimum Gasteiger partial charge on any atom is -0.462 e. The third-order valence-electron chi connectivity index (χ3n) is 3.54. The van der Waals surface area contributed by atoms with Gasteiger partial charge in [0.15, 0.2) is 0 Å². The van der Waals surface area contributed by atoms with Gasteiger partial charge in [0.1, 0.15) is 22.0 Å². The highest BCUT2D eigenvalue weighted by Gasteiger charge is 2.28. The Bertz CT molecular complexity index is 872. The summed E-state index contributed by atoms with van der Waals surface area (Å²) in [6.07, 6.45) is 2.86.